The molecule has 1 atom stereocenters. The van der Waals surface area contributed by atoms with E-state index in [1.165, 1.54) is 0 Å². The minimum atomic E-state index is -0.187. The van der Waals surface area contributed by atoms with Gasteiger partial charge in [0.15, 0.2) is 0 Å². The van der Waals surface area contributed by atoms with Gasteiger partial charge in [0.1, 0.15) is 0 Å². The van der Waals surface area contributed by atoms with Crippen LogP contribution in [-0.4, -0.2) is 29.2 Å². The number of aromatic nitrogens is 2. The molecule has 0 fully saturated rings. The summed E-state index contributed by atoms with van der Waals surface area (Å²) in [7, 11) is 3.88. The number of hydrogen-bond acceptors (Lipinski definition) is 5. The molecule has 0 aliphatic heterocycles. The molecule has 0 bridgehead atoms. The Morgan fingerprint density at radius 2 is 2.17 bits per heavy atom. The molecular formula is C7H14N4O. The zero-order valence-electron chi connectivity index (χ0n) is 7.61. The predicted octanol–water partition coefficient (Wildman–Crippen LogP) is 0.151. The molecule has 5 nitrogen and oxygen atoms in total. The second-order valence-corrected chi connectivity index (χ2v) is 3.06. The fourth-order valence-electron chi connectivity index (χ4n) is 0.785. The molecule has 1 aromatic heterocycles. The monoisotopic (exact) mass is 170 g/mol. The molecule has 0 saturated carbocycles. The van der Waals surface area contributed by atoms with Gasteiger partial charge in [-0.3, -0.25) is 0 Å². The lowest BCUT2D eigenvalue weighted by molar-refractivity contribution is 0.328. The summed E-state index contributed by atoms with van der Waals surface area (Å²) in [5, 5.41) is 7.64. The molecular weight excluding hydrogens is 156 g/mol. The first-order valence-electron chi connectivity index (χ1n) is 3.82. The molecule has 0 aromatic carbocycles. The molecule has 0 aliphatic carbocycles. The third-order valence-electron chi connectivity index (χ3n) is 1.32. The Labute approximate surface area is 71.6 Å². The van der Waals surface area contributed by atoms with Crippen molar-refractivity contribution >= 4 is 0 Å². The summed E-state index contributed by atoms with van der Waals surface area (Å²) in [6.07, 6.45) is 0. The quantitative estimate of drug-likeness (QED) is 0.699. The third-order valence-corrected chi connectivity index (χ3v) is 1.32. The predicted molar refractivity (Wildman–Crippen MR) is 44.3 cm³/mol. The maximum Gasteiger partial charge on any atom is 0.232 e. The van der Waals surface area contributed by atoms with Crippen molar-refractivity contribution in [2.45, 2.75) is 19.5 Å². The third kappa shape index (κ3) is 2.28. The molecule has 0 amide bonds. The van der Waals surface area contributed by atoms with Crippen molar-refractivity contribution in [3.8, 4) is 0 Å². The summed E-state index contributed by atoms with van der Waals surface area (Å²) in [4.78, 5) is 1.96. The van der Waals surface area contributed by atoms with Gasteiger partial charge in [0.25, 0.3) is 0 Å². The van der Waals surface area contributed by atoms with Crippen molar-refractivity contribution in [2.24, 2.45) is 5.73 Å². The summed E-state index contributed by atoms with van der Waals surface area (Å²) < 4.78 is 5.27. The summed E-state index contributed by atoms with van der Waals surface area (Å²) >= 11 is 0. The average Bonchev–Trinajstić information content (AvgIpc) is 2.34. The van der Waals surface area contributed by atoms with Crippen LogP contribution in [0.25, 0.3) is 0 Å². The Balaban J connectivity index is 2.64. The summed E-state index contributed by atoms with van der Waals surface area (Å²) in [6, 6.07) is -0.187. The molecule has 5 heteroatoms. The number of hydrogen-bond donors (Lipinski definition) is 1. The van der Waals surface area contributed by atoms with Crippen LogP contribution in [0.15, 0.2) is 4.42 Å². The van der Waals surface area contributed by atoms with Crippen molar-refractivity contribution < 1.29 is 4.42 Å². The summed E-state index contributed by atoms with van der Waals surface area (Å²) in [5.74, 6) is 1.10. The highest BCUT2D eigenvalue weighted by atomic mass is 16.4. The first-order valence-corrected chi connectivity index (χ1v) is 3.82. The van der Waals surface area contributed by atoms with Crippen LogP contribution in [-0.2, 0) is 6.54 Å². The van der Waals surface area contributed by atoms with E-state index in [1.54, 1.807) is 0 Å². The van der Waals surface area contributed by atoms with E-state index in [0.717, 1.165) is 0 Å². The lowest BCUT2D eigenvalue weighted by atomic mass is 10.4. The minimum absolute atomic E-state index is 0.187. The van der Waals surface area contributed by atoms with E-state index < -0.39 is 0 Å². The second kappa shape index (κ2) is 3.64. The molecule has 1 rings (SSSR count). The topological polar surface area (TPSA) is 68.2 Å². The van der Waals surface area contributed by atoms with Gasteiger partial charge in [0.2, 0.25) is 11.8 Å². The Bertz CT molecular complexity index is 243. The Hall–Kier alpha value is -0.940. The fraction of sp³-hybridized carbons (Fsp3) is 0.714. The zero-order valence-corrected chi connectivity index (χ0v) is 7.61. The van der Waals surface area contributed by atoms with Crippen molar-refractivity contribution in [3.63, 3.8) is 0 Å². The van der Waals surface area contributed by atoms with E-state index in [9.17, 15) is 0 Å². The molecule has 0 spiro atoms. The van der Waals surface area contributed by atoms with Gasteiger partial charge in [-0.15, -0.1) is 10.2 Å². The summed E-state index contributed by atoms with van der Waals surface area (Å²) in [5.41, 5.74) is 5.55. The SMILES string of the molecule is C[C@H](N)c1nnc(CN(C)C)o1. The van der Waals surface area contributed by atoms with Gasteiger partial charge in [0, 0.05) is 0 Å². The lowest BCUT2D eigenvalue weighted by Gasteiger charge is -2.03. The zero-order chi connectivity index (χ0) is 9.14. The smallest absolute Gasteiger partial charge is 0.232 e. The summed E-state index contributed by atoms with van der Waals surface area (Å²) in [6.45, 7) is 2.46. The van der Waals surface area contributed by atoms with Crippen molar-refractivity contribution in [2.75, 3.05) is 14.1 Å². The molecule has 1 aromatic rings. The second-order valence-electron chi connectivity index (χ2n) is 3.06. The van der Waals surface area contributed by atoms with Gasteiger partial charge in [-0.05, 0) is 21.0 Å². The highest BCUT2D eigenvalue weighted by molar-refractivity contribution is 4.85. The largest absolute Gasteiger partial charge is 0.422 e. The standard InChI is InChI=1S/C7H14N4O/c1-5(8)7-10-9-6(12-7)4-11(2)3/h5H,4,8H2,1-3H3/t5-/m0/s1. The molecule has 0 unspecified atom stereocenters. The van der Waals surface area contributed by atoms with Crippen LogP contribution in [0.1, 0.15) is 24.7 Å². The van der Waals surface area contributed by atoms with Crippen LogP contribution in [0.5, 0.6) is 0 Å². The van der Waals surface area contributed by atoms with Gasteiger partial charge in [-0.1, -0.05) is 0 Å². The maximum atomic E-state index is 5.55. The van der Waals surface area contributed by atoms with Gasteiger partial charge >= 0.3 is 0 Å². The number of nitrogens with two attached hydrogens (primary N) is 1. The minimum Gasteiger partial charge on any atom is -0.422 e. The van der Waals surface area contributed by atoms with Crippen LogP contribution in [0, 0.1) is 0 Å². The lowest BCUT2D eigenvalue weighted by Crippen LogP contribution is -2.10. The molecule has 0 saturated heterocycles. The number of nitrogens with zero attached hydrogens (tertiary/aromatic N) is 3. The van der Waals surface area contributed by atoms with E-state index in [2.05, 4.69) is 10.2 Å². The Morgan fingerprint density at radius 3 is 2.58 bits per heavy atom. The van der Waals surface area contributed by atoms with Crippen LogP contribution >= 0.6 is 0 Å². The van der Waals surface area contributed by atoms with E-state index >= 15 is 0 Å². The average molecular weight is 170 g/mol. The van der Waals surface area contributed by atoms with Crippen molar-refractivity contribution in [1.29, 1.82) is 0 Å². The van der Waals surface area contributed by atoms with Crippen LogP contribution in [0.2, 0.25) is 0 Å². The van der Waals surface area contributed by atoms with Crippen molar-refractivity contribution in [1.82, 2.24) is 15.1 Å². The van der Waals surface area contributed by atoms with E-state index in [-0.39, 0.29) is 6.04 Å². The fourth-order valence-corrected chi connectivity index (χ4v) is 0.785. The number of rotatable bonds is 3. The molecule has 0 aliphatic rings. The normalized spacial score (nSPS) is 13.8. The highest BCUT2D eigenvalue weighted by Gasteiger charge is 2.09. The van der Waals surface area contributed by atoms with Crippen LogP contribution in [0.3, 0.4) is 0 Å². The Morgan fingerprint density at radius 1 is 1.50 bits per heavy atom. The van der Waals surface area contributed by atoms with Crippen LogP contribution < -0.4 is 5.73 Å². The van der Waals surface area contributed by atoms with E-state index in [4.69, 9.17) is 10.2 Å². The first kappa shape index (κ1) is 9.15. The van der Waals surface area contributed by atoms with Gasteiger partial charge in [-0.2, -0.15) is 0 Å². The van der Waals surface area contributed by atoms with Crippen LogP contribution in [0.4, 0.5) is 0 Å². The molecule has 12 heavy (non-hydrogen) atoms. The van der Waals surface area contributed by atoms with E-state index in [1.807, 2.05) is 25.9 Å². The highest BCUT2D eigenvalue weighted by Crippen LogP contribution is 2.07. The van der Waals surface area contributed by atoms with Gasteiger partial charge in [0.05, 0.1) is 12.6 Å². The maximum absolute atomic E-state index is 5.55. The van der Waals surface area contributed by atoms with Gasteiger partial charge in [-0.25, -0.2) is 0 Å². The Kier molecular flexibility index (Phi) is 2.78. The molecule has 1 heterocycles. The first-order chi connectivity index (χ1) is 5.59. The van der Waals surface area contributed by atoms with E-state index in [0.29, 0.717) is 18.3 Å². The molecule has 2 N–H and O–H groups in total. The van der Waals surface area contributed by atoms with Gasteiger partial charge < -0.3 is 15.1 Å². The molecule has 0 radical (unpaired) electrons. The van der Waals surface area contributed by atoms with Crippen molar-refractivity contribution in [3.05, 3.63) is 11.8 Å². The molecule has 68 valence electrons.